The molecule has 0 bridgehead atoms. The molecule has 30 heavy (non-hydrogen) atoms. The molecule has 3 aliphatic rings. The second kappa shape index (κ2) is 8.64. The van der Waals surface area contributed by atoms with Crippen LogP contribution in [0.15, 0.2) is 36.5 Å². The molecule has 3 aliphatic heterocycles. The Morgan fingerprint density at radius 2 is 1.77 bits per heavy atom. The molecule has 1 fully saturated rings. The van der Waals surface area contributed by atoms with Gasteiger partial charge >= 0.3 is 0 Å². The molecule has 1 amide bonds. The summed E-state index contributed by atoms with van der Waals surface area (Å²) in [6.07, 6.45) is 6.52. The Balaban J connectivity index is 1.04. The van der Waals surface area contributed by atoms with Gasteiger partial charge in [-0.1, -0.05) is 6.07 Å². The van der Waals surface area contributed by atoms with Gasteiger partial charge in [-0.3, -0.25) is 9.69 Å². The molecule has 5 rings (SSSR count). The zero-order chi connectivity index (χ0) is 20.3. The average Bonchev–Trinajstić information content (AvgIpc) is 3.22. The summed E-state index contributed by atoms with van der Waals surface area (Å²) in [5.41, 5.74) is 3.73. The second-order valence-corrected chi connectivity index (χ2v) is 8.46. The van der Waals surface area contributed by atoms with Crippen LogP contribution in [0, 0.1) is 0 Å². The molecule has 0 aliphatic carbocycles. The SMILES string of the molecule is O=C1CCc2cc(OCCCCN3CCN(c4ccccn4)CC3)cc3c2N1CC3. The summed E-state index contributed by atoms with van der Waals surface area (Å²) in [7, 11) is 0. The Hall–Kier alpha value is -2.60. The van der Waals surface area contributed by atoms with Gasteiger partial charge in [0.1, 0.15) is 11.6 Å². The van der Waals surface area contributed by atoms with Crippen LogP contribution in [-0.2, 0) is 17.6 Å². The minimum atomic E-state index is 0.274. The molecule has 6 nitrogen and oxygen atoms in total. The van der Waals surface area contributed by atoms with E-state index < -0.39 is 0 Å². The Kier molecular flexibility index (Phi) is 5.58. The molecule has 0 unspecified atom stereocenters. The fourth-order valence-corrected chi connectivity index (χ4v) is 4.88. The number of hydrogen-bond donors (Lipinski definition) is 0. The molecule has 1 aromatic carbocycles. The lowest BCUT2D eigenvalue weighted by atomic mass is 9.99. The molecule has 2 aromatic rings. The van der Waals surface area contributed by atoms with Crippen LogP contribution in [0.4, 0.5) is 11.5 Å². The van der Waals surface area contributed by atoms with Crippen LogP contribution >= 0.6 is 0 Å². The third-order valence-electron chi connectivity index (χ3n) is 6.51. The summed E-state index contributed by atoms with van der Waals surface area (Å²) in [4.78, 5) is 23.4. The Bertz CT molecular complexity index is 894. The highest BCUT2D eigenvalue weighted by Crippen LogP contribution is 2.39. The quantitative estimate of drug-likeness (QED) is 0.662. The third-order valence-corrected chi connectivity index (χ3v) is 6.51. The van der Waals surface area contributed by atoms with E-state index >= 15 is 0 Å². The summed E-state index contributed by atoms with van der Waals surface area (Å²) in [5.74, 6) is 2.34. The van der Waals surface area contributed by atoms with Crippen LogP contribution in [0.2, 0.25) is 0 Å². The van der Waals surface area contributed by atoms with E-state index in [2.05, 4.69) is 39.0 Å². The van der Waals surface area contributed by atoms with Gasteiger partial charge in [-0.2, -0.15) is 0 Å². The molecular formula is C24H30N4O2. The largest absolute Gasteiger partial charge is 0.494 e. The molecule has 4 heterocycles. The van der Waals surface area contributed by atoms with Crippen LogP contribution in [0.5, 0.6) is 5.75 Å². The van der Waals surface area contributed by atoms with Gasteiger partial charge in [0.05, 0.1) is 12.3 Å². The minimum absolute atomic E-state index is 0.274. The van der Waals surface area contributed by atoms with Crippen LogP contribution in [-0.4, -0.2) is 61.7 Å². The molecule has 1 saturated heterocycles. The maximum Gasteiger partial charge on any atom is 0.227 e. The van der Waals surface area contributed by atoms with Crippen molar-refractivity contribution in [2.24, 2.45) is 0 Å². The summed E-state index contributed by atoms with van der Waals surface area (Å²) in [6, 6.07) is 10.4. The number of benzene rings is 1. The second-order valence-electron chi connectivity index (χ2n) is 8.46. The number of rotatable bonds is 7. The van der Waals surface area contributed by atoms with Crippen molar-refractivity contribution >= 4 is 17.4 Å². The number of piperazine rings is 1. The molecule has 6 heteroatoms. The molecule has 1 aromatic heterocycles. The van der Waals surface area contributed by atoms with Gasteiger partial charge in [-0.25, -0.2) is 4.98 Å². The predicted molar refractivity (Wildman–Crippen MR) is 118 cm³/mol. The first-order valence-corrected chi connectivity index (χ1v) is 11.3. The van der Waals surface area contributed by atoms with E-state index in [4.69, 9.17) is 4.74 Å². The molecule has 0 atom stereocenters. The normalized spacial score (nSPS) is 18.6. The number of aromatic nitrogens is 1. The Labute approximate surface area is 178 Å². The van der Waals surface area contributed by atoms with E-state index in [0.29, 0.717) is 6.42 Å². The van der Waals surface area contributed by atoms with Crippen molar-refractivity contribution < 1.29 is 9.53 Å². The number of nitrogens with zero attached hydrogens (tertiary/aromatic N) is 4. The monoisotopic (exact) mass is 406 g/mol. The minimum Gasteiger partial charge on any atom is -0.494 e. The van der Waals surface area contributed by atoms with E-state index in [1.165, 1.54) is 16.8 Å². The molecule has 158 valence electrons. The maximum atomic E-state index is 12.1. The number of hydrogen-bond acceptors (Lipinski definition) is 5. The van der Waals surface area contributed by atoms with Gasteiger partial charge in [0.25, 0.3) is 0 Å². The van der Waals surface area contributed by atoms with Crippen molar-refractivity contribution in [3.05, 3.63) is 47.7 Å². The van der Waals surface area contributed by atoms with Crippen LogP contribution in [0.3, 0.4) is 0 Å². The first-order chi connectivity index (χ1) is 14.8. The van der Waals surface area contributed by atoms with Crippen LogP contribution < -0.4 is 14.5 Å². The zero-order valence-corrected chi connectivity index (χ0v) is 17.6. The highest BCUT2D eigenvalue weighted by molar-refractivity contribution is 5.98. The number of unbranched alkanes of at least 4 members (excludes halogenated alkanes) is 1. The van der Waals surface area contributed by atoms with Gasteiger partial charge in [0.2, 0.25) is 5.91 Å². The van der Waals surface area contributed by atoms with Crippen molar-refractivity contribution in [3.8, 4) is 5.75 Å². The fraction of sp³-hybridized carbons (Fsp3) is 0.500. The van der Waals surface area contributed by atoms with Gasteiger partial charge in [0, 0.05) is 45.3 Å². The first kappa shape index (κ1) is 19.4. The molecule has 0 saturated carbocycles. The number of anilines is 2. The topological polar surface area (TPSA) is 48.9 Å². The first-order valence-electron chi connectivity index (χ1n) is 11.3. The summed E-state index contributed by atoms with van der Waals surface area (Å²) in [5, 5.41) is 0. The third kappa shape index (κ3) is 4.01. The van der Waals surface area contributed by atoms with Crippen molar-refractivity contribution in [1.29, 1.82) is 0 Å². The average molecular weight is 407 g/mol. The number of amides is 1. The number of aryl methyl sites for hydroxylation is 1. The Morgan fingerprint density at radius 3 is 2.57 bits per heavy atom. The van der Waals surface area contributed by atoms with Gasteiger partial charge in [-0.05, 0) is 67.6 Å². The van der Waals surface area contributed by atoms with E-state index in [1.807, 2.05) is 17.2 Å². The van der Waals surface area contributed by atoms with Crippen molar-refractivity contribution in [2.75, 3.05) is 55.7 Å². The van der Waals surface area contributed by atoms with Gasteiger partial charge in [0.15, 0.2) is 0 Å². The lowest BCUT2D eigenvalue weighted by molar-refractivity contribution is -0.118. The number of carbonyl (C=O) groups is 1. The van der Waals surface area contributed by atoms with E-state index in [1.54, 1.807) is 0 Å². The lowest BCUT2D eigenvalue weighted by Gasteiger charge is -2.35. The number of ether oxygens (including phenoxy) is 1. The smallest absolute Gasteiger partial charge is 0.227 e. The van der Waals surface area contributed by atoms with E-state index in [9.17, 15) is 4.79 Å². The Morgan fingerprint density at radius 1 is 0.933 bits per heavy atom. The summed E-state index contributed by atoms with van der Waals surface area (Å²) < 4.78 is 6.09. The highest BCUT2D eigenvalue weighted by Gasteiger charge is 2.31. The van der Waals surface area contributed by atoms with Crippen LogP contribution in [0.25, 0.3) is 0 Å². The van der Waals surface area contributed by atoms with Crippen molar-refractivity contribution in [3.63, 3.8) is 0 Å². The molecule has 0 radical (unpaired) electrons. The lowest BCUT2D eigenvalue weighted by Crippen LogP contribution is -2.46. The van der Waals surface area contributed by atoms with Gasteiger partial charge < -0.3 is 14.5 Å². The fourth-order valence-electron chi connectivity index (χ4n) is 4.88. The summed E-state index contributed by atoms with van der Waals surface area (Å²) in [6.45, 7) is 7.01. The number of carbonyl (C=O) groups excluding carboxylic acids is 1. The van der Waals surface area contributed by atoms with E-state index in [-0.39, 0.29) is 5.91 Å². The molecule has 0 N–H and O–H groups in total. The van der Waals surface area contributed by atoms with E-state index in [0.717, 1.165) is 83.1 Å². The van der Waals surface area contributed by atoms with Crippen molar-refractivity contribution in [1.82, 2.24) is 9.88 Å². The standard InChI is InChI=1S/C24H30N4O2/c29-23-7-6-19-17-21(18-20-8-11-28(23)24(19)20)30-16-4-3-10-26-12-14-27(15-13-26)22-5-1-2-9-25-22/h1-2,5,9,17-18H,3-4,6-8,10-16H2. The van der Waals surface area contributed by atoms with Crippen molar-refractivity contribution in [2.45, 2.75) is 32.1 Å². The van der Waals surface area contributed by atoms with Crippen LogP contribution in [0.1, 0.15) is 30.4 Å². The molecule has 0 spiro atoms. The molecular weight excluding hydrogens is 376 g/mol. The van der Waals surface area contributed by atoms with Gasteiger partial charge in [-0.15, -0.1) is 0 Å². The maximum absolute atomic E-state index is 12.1. The highest BCUT2D eigenvalue weighted by atomic mass is 16.5. The number of pyridine rings is 1. The zero-order valence-electron chi connectivity index (χ0n) is 17.6. The summed E-state index contributed by atoms with van der Waals surface area (Å²) >= 11 is 0. The predicted octanol–water partition coefficient (Wildman–Crippen LogP) is 2.90.